The van der Waals surface area contributed by atoms with Crippen molar-refractivity contribution >= 4 is 28.2 Å². The minimum Gasteiger partial charge on any atom is -0.368 e. The SMILES string of the molecule is CNC(=O)C(C)Nc1cc2nc[nH]c(=O)c2cc1[N+](=O)[O-]. The van der Waals surface area contributed by atoms with E-state index in [2.05, 4.69) is 20.6 Å². The summed E-state index contributed by atoms with van der Waals surface area (Å²) in [5, 5.41) is 16.4. The maximum Gasteiger partial charge on any atom is 0.293 e. The Kier molecular flexibility index (Phi) is 3.83. The van der Waals surface area contributed by atoms with E-state index in [-0.39, 0.29) is 22.7 Å². The summed E-state index contributed by atoms with van der Waals surface area (Å²) in [6, 6.07) is 1.84. The number of anilines is 1. The summed E-state index contributed by atoms with van der Waals surface area (Å²) >= 11 is 0. The number of carbonyl (C=O) groups excluding carboxylic acids is 1. The van der Waals surface area contributed by atoms with E-state index in [1.807, 2.05) is 0 Å². The van der Waals surface area contributed by atoms with Crippen molar-refractivity contribution in [3.05, 3.63) is 38.9 Å². The number of rotatable bonds is 4. The number of nitrogens with one attached hydrogen (secondary N) is 3. The first-order valence-corrected chi connectivity index (χ1v) is 6.08. The number of H-pyrrole nitrogens is 1. The maximum atomic E-state index is 11.6. The molecule has 0 saturated carbocycles. The molecule has 1 atom stereocenters. The van der Waals surface area contributed by atoms with Gasteiger partial charge in [-0.25, -0.2) is 4.98 Å². The average Bonchev–Trinajstić information content (AvgIpc) is 2.45. The molecule has 110 valence electrons. The lowest BCUT2D eigenvalue weighted by molar-refractivity contribution is -0.383. The number of benzene rings is 1. The van der Waals surface area contributed by atoms with Gasteiger partial charge in [0, 0.05) is 13.1 Å². The van der Waals surface area contributed by atoms with Gasteiger partial charge in [-0.05, 0) is 13.0 Å². The Hall–Kier alpha value is -2.97. The third-order valence-electron chi connectivity index (χ3n) is 2.97. The molecular weight excluding hydrogens is 278 g/mol. The summed E-state index contributed by atoms with van der Waals surface area (Å²) in [5.41, 5.74) is -0.330. The Balaban J connectivity index is 2.56. The molecule has 0 bridgehead atoms. The molecule has 9 nitrogen and oxygen atoms in total. The highest BCUT2D eigenvalue weighted by molar-refractivity contribution is 5.89. The van der Waals surface area contributed by atoms with Crippen molar-refractivity contribution in [2.45, 2.75) is 13.0 Å². The van der Waals surface area contributed by atoms with Gasteiger partial charge in [-0.2, -0.15) is 0 Å². The Bertz CT molecular complexity index is 770. The normalized spacial score (nSPS) is 11.9. The molecule has 2 rings (SSSR count). The number of nitro groups is 1. The van der Waals surface area contributed by atoms with E-state index in [9.17, 15) is 19.7 Å². The summed E-state index contributed by atoms with van der Waals surface area (Å²) in [6.45, 7) is 1.57. The second kappa shape index (κ2) is 5.57. The van der Waals surface area contributed by atoms with Crippen LogP contribution in [0.1, 0.15) is 6.92 Å². The minimum atomic E-state index is -0.673. The molecule has 0 saturated heterocycles. The molecule has 0 fully saturated rings. The topological polar surface area (TPSA) is 130 Å². The summed E-state index contributed by atoms with van der Waals surface area (Å²) in [4.78, 5) is 40.0. The predicted molar refractivity (Wildman–Crippen MR) is 76.2 cm³/mol. The van der Waals surface area contributed by atoms with Crippen LogP contribution in [0, 0.1) is 10.1 Å². The number of aromatic nitrogens is 2. The van der Waals surface area contributed by atoms with E-state index in [1.54, 1.807) is 6.92 Å². The number of hydrogen-bond acceptors (Lipinski definition) is 6. The minimum absolute atomic E-state index is 0.113. The monoisotopic (exact) mass is 291 g/mol. The number of aromatic amines is 1. The molecule has 9 heteroatoms. The molecule has 2 aromatic rings. The van der Waals surface area contributed by atoms with E-state index in [0.717, 1.165) is 6.07 Å². The van der Waals surface area contributed by atoms with Gasteiger partial charge in [-0.1, -0.05) is 0 Å². The smallest absolute Gasteiger partial charge is 0.293 e. The van der Waals surface area contributed by atoms with Crippen molar-refractivity contribution in [3.8, 4) is 0 Å². The highest BCUT2D eigenvalue weighted by atomic mass is 16.6. The molecule has 1 aromatic carbocycles. The van der Waals surface area contributed by atoms with Crippen LogP contribution < -0.4 is 16.2 Å². The maximum absolute atomic E-state index is 11.6. The quantitative estimate of drug-likeness (QED) is 0.551. The molecule has 0 aliphatic carbocycles. The Labute approximate surface area is 118 Å². The lowest BCUT2D eigenvalue weighted by Crippen LogP contribution is -2.35. The Morgan fingerprint density at radius 1 is 1.48 bits per heavy atom. The number of nitro benzene ring substituents is 1. The fraction of sp³-hybridized carbons (Fsp3) is 0.250. The van der Waals surface area contributed by atoms with Crippen molar-refractivity contribution in [2.24, 2.45) is 0 Å². The van der Waals surface area contributed by atoms with Crippen molar-refractivity contribution < 1.29 is 9.72 Å². The summed E-state index contributed by atoms with van der Waals surface area (Å²) in [6.07, 6.45) is 1.21. The van der Waals surface area contributed by atoms with Gasteiger partial charge in [-0.3, -0.25) is 19.7 Å². The van der Waals surface area contributed by atoms with Crippen molar-refractivity contribution in [3.63, 3.8) is 0 Å². The largest absolute Gasteiger partial charge is 0.368 e. The van der Waals surface area contributed by atoms with Gasteiger partial charge in [0.1, 0.15) is 11.7 Å². The highest BCUT2D eigenvalue weighted by Crippen LogP contribution is 2.28. The third kappa shape index (κ3) is 2.81. The first-order chi connectivity index (χ1) is 9.93. The van der Waals surface area contributed by atoms with Crippen molar-refractivity contribution in [1.29, 1.82) is 0 Å². The van der Waals surface area contributed by atoms with Crippen LogP contribution >= 0.6 is 0 Å². The van der Waals surface area contributed by atoms with E-state index < -0.39 is 16.5 Å². The van der Waals surface area contributed by atoms with Crippen LogP contribution in [-0.4, -0.2) is 33.9 Å². The summed E-state index contributed by atoms with van der Waals surface area (Å²) < 4.78 is 0. The first-order valence-electron chi connectivity index (χ1n) is 6.08. The number of likely N-dealkylation sites (N-methyl/N-ethyl adjacent to an activating group) is 1. The zero-order valence-electron chi connectivity index (χ0n) is 11.3. The molecule has 3 N–H and O–H groups in total. The van der Waals surface area contributed by atoms with Gasteiger partial charge in [0.2, 0.25) is 5.91 Å². The van der Waals surface area contributed by atoms with Crippen LogP contribution in [0.4, 0.5) is 11.4 Å². The van der Waals surface area contributed by atoms with Crippen LogP contribution in [0.15, 0.2) is 23.3 Å². The zero-order valence-corrected chi connectivity index (χ0v) is 11.3. The molecule has 0 spiro atoms. The second-order valence-corrected chi connectivity index (χ2v) is 4.36. The molecule has 1 heterocycles. The van der Waals surface area contributed by atoms with Crippen LogP contribution in [0.5, 0.6) is 0 Å². The lowest BCUT2D eigenvalue weighted by Gasteiger charge is -2.14. The van der Waals surface area contributed by atoms with Gasteiger partial charge in [0.05, 0.1) is 22.2 Å². The Morgan fingerprint density at radius 2 is 2.19 bits per heavy atom. The van der Waals surface area contributed by atoms with E-state index >= 15 is 0 Å². The molecule has 1 amide bonds. The lowest BCUT2D eigenvalue weighted by atomic mass is 10.1. The van der Waals surface area contributed by atoms with Gasteiger partial charge in [-0.15, -0.1) is 0 Å². The van der Waals surface area contributed by atoms with Crippen LogP contribution in [-0.2, 0) is 4.79 Å². The number of carbonyl (C=O) groups is 1. The number of fused-ring (bicyclic) bond motifs is 1. The summed E-state index contributed by atoms with van der Waals surface area (Å²) in [7, 11) is 1.47. The fourth-order valence-corrected chi connectivity index (χ4v) is 1.89. The molecule has 0 aliphatic rings. The average molecular weight is 291 g/mol. The van der Waals surface area contributed by atoms with Gasteiger partial charge in [0.25, 0.3) is 11.2 Å². The molecule has 21 heavy (non-hydrogen) atoms. The Morgan fingerprint density at radius 3 is 2.81 bits per heavy atom. The number of hydrogen-bond donors (Lipinski definition) is 3. The third-order valence-corrected chi connectivity index (χ3v) is 2.97. The predicted octanol–water partition coefficient (Wildman–Crippen LogP) is 0.378. The standard InChI is InChI=1S/C12H13N5O4/c1-6(11(18)13-2)16-9-4-8-7(3-10(9)17(20)21)12(19)15-5-14-8/h3-6,16H,1-2H3,(H,13,18)(H,14,15,19). The zero-order chi connectivity index (χ0) is 15.6. The van der Waals surface area contributed by atoms with Crippen LogP contribution in [0.3, 0.4) is 0 Å². The molecule has 0 aliphatic heterocycles. The van der Waals surface area contributed by atoms with Gasteiger partial charge in [0.15, 0.2) is 0 Å². The highest BCUT2D eigenvalue weighted by Gasteiger charge is 2.20. The first kappa shape index (κ1) is 14.4. The van der Waals surface area contributed by atoms with Crippen molar-refractivity contribution in [1.82, 2.24) is 15.3 Å². The van der Waals surface area contributed by atoms with E-state index in [4.69, 9.17) is 0 Å². The molecular formula is C12H13N5O4. The van der Waals surface area contributed by atoms with E-state index in [1.165, 1.54) is 19.4 Å². The van der Waals surface area contributed by atoms with Crippen LogP contribution in [0.25, 0.3) is 10.9 Å². The number of amides is 1. The number of nitrogens with zero attached hydrogens (tertiary/aromatic N) is 2. The van der Waals surface area contributed by atoms with Gasteiger partial charge >= 0.3 is 0 Å². The second-order valence-electron chi connectivity index (χ2n) is 4.36. The molecule has 1 aromatic heterocycles. The fourth-order valence-electron chi connectivity index (χ4n) is 1.89. The van der Waals surface area contributed by atoms with Gasteiger partial charge < -0.3 is 15.6 Å². The summed E-state index contributed by atoms with van der Waals surface area (Å²) in [5.74, 6) is -0.316. The van der Waals surface area contributed by atoms with Crippen molar-refractivity contribution in [2.75, 3.05) is 12.4 Å². The van der Waals surface area contributed by atoms with Crippen LogP contribution in [0.2, 0.25) is 0 Å². The molecule has 1 unspecified atom stereocenters. The van der Waals surface area contributed by atoms with E-state index in [0.29, 0.717) is 5.52 Å². The molecule has 0 radical (unpaired) electrons.